The lowest BCUT2D eigenvalue weighted by Crippen LogP contribution is -2.51. The Hall–Kier alpha value is -3.31. The molecule has 1 atom stereocenters. The highest BCUT2D eigenvalue weighted by molar-refractivity contribution is 6.30. The normalized spacial score (nSPS) is 11.7. The minimum Gasteiger partial charge on any atom is -0.497 e. The third kappa shape index (κ3) is 8.15. The molecule has 3 aromatic carbocycles. The summed E-state index contributed by atoms with van der Waals surface area (Å²) >= 11 is 6.16. The number of nitrogens with one attached hydrogen (secondary N) is 1. The van der Waals surface area contributed by atoms with Crippen LogP contribution in [0.3, 0.4) is 0 Å². The first-order valence-corrected chi connectivity index (χ1v) is 12.2. The fourth-order valence-electron chi connectivity index (χ4n) is 3.87. The SMILES string of the molecule is COc1cccc(CN(C(=O)Cc2cccc(Cl)c2)[C@H](Cc2ccccc2)C(=O)NCC(C)C)c1. The number of methoxy groups -OCH3 is 1. The zero-order chi connectivity index (χ0) is 25.2. The van der Waals surface area contributed by atoms with E-state index in [0.717, 1.165) is 16.7 Å². The van der Waals surface area contributed by atoms with Crippen molar-refractivity contribution in [2.24, 2.45) is 5.92 Å². The van der Waals surface area contributed by atoms with E-state index in [-0.39, 0.29) is 24.8 Å². The maximum absolute atomic E-state index is 13.7. The third-order valence-electron chi connectivity index (χ3n) is 5.69. The molecule has 3 aromatic rings. The molecule has 0 radical (unpaired) electrons. The zero-order valence-electron chi connectivity index (χ0n) is 20.5. The minimum absolute atomic E-state index is 0.143. The summed E-state index contributed by atoms with van der Waals surface area (Å²) in [5.41, 5.74) is 2.68. The number of amides is 2. The summed E-state index contributed by atoms with van der Waals surface area (Å²) in [6, 6.07) is 24.0. The summed E-state index contributed by atoms with van der Waals surface area (Å²) in [5.74, 6) is 0.694. The molecule has 0 aliphatic heterocycles. The second-order valence-corrected chi connectivity index (χ2v) is 9.46. The number of hydrogen-bond acceptors (Lipinski definition) is 3. The number of ether oxygens (including phenoxy) is 1. The molecular weight excluding hydrogens is 460 g/mol. The lowest BCUT2D eigenvalue weighted by molar-refractivity contribution is -0.140. The first-order valence-electron chi connectivity index (χ1n) is 11.8. The van der Waals surface area contributed by atoms with Gasteiger partial charge in [0.25, 0.3) is 0 Å². The molecule has 0 aliphatic carbocycles. The highest BCUT2D eigenvalue weighted by Gasteiger charge is 2.30. The molecule has 0 bridgehead atoms. The Balaban J connectivity index is 1.97. The van der Waals surface area contributed by atoms with Gasteiger partial charge in [0.2, 0.25) is 11.8 Å². The van der Waals surface area contributed by atoms with Gasteiger partial charge in [0.15, 0.2) is 0 Å². The highest BCUT2D eigenvalue weighted by atomic mass is 35.5. The number of carbonyl (C=O) groups excluding carboxylic acids is 2. The Morgan fingerprint density at radius 1 is 0.914 bits per heavy atom. The fourth-order valence-corrected chi connectivity index (χ4v) is 4.08. The summed E-state index contributed by atoms with van der Waals surface area (Å²) in [6.45, 7) is 4.92. The van der Waals surface area contributed by atoms with Crippen LogP contribution in [0.15, 0.2) is 78.9 Å². The second kappa shape index (κ2) is 13.0. The Labute approximate surface area is 213 Å². The highest BCUT2D eigenvalue weighted by Crippen LogP contribution is 2.20. The van der Waals surface area contributed by atoms with Gasteiger partial charge >= 0.3 is 0 Å². The van der Waals surface area contributed by atoms with E-state index in [1.807, 2.05) is 80.6 Å². The summed E-state index contributed by atoms with van der Waals surface area (Å²) in [6.07, 6.45) is 0.559. The molecule has 0 aliphatic rings. The van der Waals surface area contributed by atoms with Crippen molar-refractivity contribution in [3.05, 3.63) is 101 Å². The zero-order valence-corrected chi connectivity index (χ0v) is 21.3. The third-order valence-corrected chi connectivity index (χ3v) is 5.92. The van der Waals surface area contributed by atoms with Gasteiger partial charge in [-0.2, -0.15) is 0 Å². The molecule has 5 nitrogen and oxygen atoms in total. The molecule has 0 fully saturated rings. The van der Waals surface area contributed by atoms with Crippen LogP contribution in [0.25, 0.3) is 0 Å². The van der Waals surface area contributed by atoms with E-state index in [4.69, 9.17) is 16.3 Å². The molecule has 0 unspecified atom stereocenters. The number of carbonyl (C=O) groups is 2. The van der Waals surface area contributed by atoms with Crippen molar-refractivity contribution in [3.8, 4) is 5.75 Å². The molecule has 0 aromatic heterocycles. The molecule has 0 heterocycles. The first kappa shape index (κ1) is 26.3. The van der Waals surface area contributed by atoms with E-state index >= 15 is 0 Å². The van der Waals surface area contributed by atoms with Crippen LogP contribution in [-0.2, 0) is 29.0 Å². The Morgan fingerprint density at radius 2 is 1.60 bits per heavy atom. The molecule has 0 saturated heterocycles. The van der Waals surface area contributed by atoms with E-state index in [1.54, 1.807) is 24.1 Å². The molecule has 184 valence electrons. The van der Waals surface area contributed by atoms with Gasteiger partial charge in [-0.05, 0) is 46.9 Å². The summed E-state index contributed by atoms with van der Waals surface area (Å²) in [4.78, 5) is 28.9. The Kier molecular flexibility index (Phi) is 9.74. The van der Waals surface area contributed by atoms with Crippen LogP contribution in [0, 0.1) is 5.92 Å². The fraction of sp³-hybridized carbons (Fsp3) is 0.310. The Bertz CT molecular complexity index is 1120. The van der Waals surface area contributed by atoms with Crippen molar-refractivity contribution >= 4 is 23.4 Å². The average Bonchev–Trinajstić information content (AvgIpc) is 2.85. The number of halogens is 1. The number of hydrogen-bond donors (Lipinski definition) is 1. The van der Waals surface area contributed by atoms with Gasteiger partial charge in [0.1, 0.15) is 11.8 Å². The minimum atomic E-state index is -0.672. The maximum atomic E-state index is 13.7. The number of benzene rings is 3. The van der Waals surface area contributed by atoms with E-state index in [9.17, 15) is 9.59 Å². The van der Waals surface area contributed by atoms with Gasteiger partial charge in [0, 0.05) is 24.5 Å². The van der Waals surface area contributed by atoms with Crippen molar-refractivity contribution in [2.45, 2.75) is 39.3 Å². The van der Waals surface area contributed by atoms with Crippen LogP contribution < -0.4 is 10.1 Å². The van der Waals surface area contributed by atoms with E-state index < -0.39 is 6.04 Å². The number of rotatable bonds is 11. The van der Waals surface area contributed by atoms with Gasteiger partial charge in [0.05, 0.1) is 13.5 Å². The molecule has 6 heteroatoms. The second-order valence-electron chi connectivity index (χ2n) is 9.02. The molecule has 3 rings (SSSR count). The van der Waals surface area contributed by atoms with Crippen LogP contribution in [0.2, 0.25) is 5.02 Å². The van der Waals surface area contributed by atoms with E-state index in [1.165, 1.54) is 0 Å². The Morgan fingerprint density at radius 3 is 2.29 bits per heavy atom. The van der Waals surface area contributed by atoms with Crippen molar-refractivity contribution in [1.82, 2.24) is 10.2 Å². The van der Waals surface area contributed by atoms with Crippen LogP contribution in [0.5, 0.6) is 5.75 Å². The standard InChI is InChI=1S/C29H33ClN2O3/c1-21(2)19-31-29(34)27(17-22-9-5-4-6-10-22)32(20-24-12-8-14-26(16-24)35-3)28(33)18-23-11-7-13-25(30)15-23/h4-16,21,27H,17-20H2,1-3H3,(H,31,34)/t27-/m1/s1. The summed E-state index contributed by atoms with van der Waals surface area (Å²) in [7, 11) is 1.61. The first-order chi connectivity index (χ1) is 16.9. The van der Waals surface area contributed by atoms with Gasteiger partial charge in [-0.25, -0.2) is 0 Å². The lowest BCUT2D eigenvalue weighted by Gasteiger charge is -2.32. The van der Waals surface area contributed by atoms with Crippen molar-refractivity contribution in [1.29, 1.82) is 0 Å². The quantitative estimate of drug-likeness (QED) is 0.395. The topological polar surface area (TPSA) is 58.6 Å². The van der Waals surface area contributed by atoms with Crippen LogP contribution in [0.1, 0.15) is 30.5 Å². The van der Waals surface area contributed by atoms with Crippen molar-refractivity contribution in [3.63, 3.8) is 0 Å². The summed E-state index contributed by atoms with van der Waals surface area (Å²) in [5, 5.41) is 3.61. The summed E-state index contributed by atoms with van der Waals surface area (Å²) < 4.78 is 5.38. The van der Waals surface area contributed by atoms with Crippen molar-refractivity contribution < 1.29 is 14.3 Å². The number of nitrogens with zero attached hydrogens (tertiary/aromatic N) is 1. The average molecular weight is 493 g/mol. The van der Waals surface area contributed by atoms with Crippen LogP contribution in [0.4, 0.5) is 0 Å². The smallest absolute Gasteiger partial charge is 0.243 e. The van der Waals surface area contributed by atoms with Crippen molar-refractivity contribution in [2.75, 3.05) is 13.7 Å². The van der Waals surface area contributed by atoms with Gasteiger partial charge in [-0.1, -0.05) is 80.0 Å². The van der Waals surface area contributed by atoms with E-state index in [2.05, 4.69) is 5.32 Å². The molecule has 2 amide bonds. The predicted molar refractivity (Wildman–Crippen MR) is 140 cm³/mol. The monoisotopic (exact) mass is 492 g/mol. The maximum Gasteiger partial charge on any atom is 0.243 e. The molecule has 0 saturated carbocycles. The molecule has 0 spiro atoms. The molecule has 1 N–H and O–H groups in total. The van der Waals surface area contributed by atoms with Crippen LogP contribution >= 0.6 is 11.6 Å². The predicted octanol–water partition coefficient (Wildman–Crippen LogP) is 5.30. The molecule has 35 heavy (non-hydrogen) atoms. The van der Waals surface area contributed by atoms with E-state index in [0.29, 0.717) is 29.7 Å². The molecular formula is C29H33ClN2O3. The van der Waals surface area contributed by atoms with Gasteiger partial charge < -0.3 is 15.0 Å². The van der Waals surface area contributed by atoms with Gasteiger partial charge in [-0.15, -0.1) is 0 Å². The van der Waals surface area contributed by atoms with Gasteiger partial charge in [-0.3, -0.25) is 9.59 Å². The van der Waals surface area contributed by atoms with Crippen LogP contribution in [-0.4, -0.2) is 36.4 Å². The lowest BCUT2D eigenvalue weighted by atomic mass is 10.0. The largest absolute Gasteiger partial charge is 0.497 e.